The van der Waals surface area contributed by atoms with Crippen molar-refractivity contribution in [3.63, 3.8) is 0 Å². The van der Waals surface area contributed by atoms with Gasteiger partial charge in [0.25, 0.3) is 5.91 Å². The number of carbonyl (C=O) groups is 2. The molecule has 3 heterocycles. The van der Waals surface area contributed by atoms with Crippen LogP contribution in [0.15, 0.2) is 48.9 Å². The van der Waals surface area contributed by atoms with Crippen LogP contribution in [0, 0.1) is 18.6 Å². The quantitative estimate of drug-likeness (QED) is 0.467. The summed E-state index contributed by atoms with van der Waals surface area (Å²) in [4.78, 5) is 31.5. The topological polar surface area (TPSA) is 121 Å². The van der Waals surface area contributed by atoms with Gasteiger partial charge in [0, 0.05) is 36.1 Å². The molecule has 0 atom stereocenters. The number of hydrogen-bond donors (Lipinski definition) is 2. The van der Waals surface area contributed by atoms with Crippen LogP contribution in [0.1, 0.15) is 16.3 Å². The summed E-state index contributed by atoms with van der Waals surface area (Å²) >= 11 is 0. The maximum Gasteiger partial charge on any atom is 0.284 e. The lowest BCUT2D eigenvalue weighted by Gasteiger charge is -2.09. The van der Waals surface area contributed by atoms with Crippen molar-refractivity contribution in [1.82, 2.24) is 24.3 Å². The van der Waals surface area contributed by atoms with Crippen molar-refractivity contribution in [3.05, 3.63) is 72.1 Å². The van der Waals surface area contributed by atoms with E-state index < -0.39 is 17.5 Å². The van der Waals surface area contributed by atoms with Crippen LogP contribution in [0.3, 0.4) is 0 Å². The molecule has 11 heteroatoms. The minimum atomic E-state index is -1.11. The summed E-state index contributed by atoms with van der Waals surface area (Å²) in [6.07, 6.45) is 4.27. The summed E-state index contributed by atoms with van der Waals surface area (Å²) in [7, 11) is 1.48. The molecule has 3 N–H and O–H groups in total. The zero-order valence-electron chi connectivity index (χ0n) is 17.7. The molecule has 3 aromatic heterocycles. The second-order valence-electron chi connectivity index (χ2n) is 7.27. The Morgan fingerprint density at radius 2 is 1.79 bits per heavy atom. The van der Waals surface area contributed by atoms with Gasteiger partial charge in [-0.25, -0.2) is 18.7 Å². The van der Waals surface area contributed by atoms with Crippen LogP contribution >= 0.6 is 0 Å². The number of nitrogens with two attached hydrogens (primary N) is 1. The lowest BCUT2D eigenvalue weighted by atomic mass is 10.0. The van der Waals surface area contributed by atoms with Crippen LogP contribution in [0.5, 0.6) is 0 Å². The second-order valence-corrected chi connectivity index (χ2v) is 7.27. The summed E-state index contributed by atoms with van der Waals surface area (Å²) < 4.78 is 32.7. The molecule has 0 radical (unpaired) electrons. The smallest absolute Gasteiger partial charge is 0.284 e. The fraction of sp³-hybridized carbons (Fsp3) is 0.136. The molecule has 0 unspecified atom stereocenters. The summed E-state index contributed by atoms with van der Waals surface area (Å²) in [5, 5.41) is 6.87. The number of aryl methyl sites for hydroxylation is 1. The van der Waals surface area contributed by atoms with Gasteiger partial charge in [0.15, 0.2) is 17.5 Å². The van der Waals surface area contributed by atoms with Gasteiger partial charge in [-0.15, -0.1) is 0 Å². The predicted molar refractivity (Wildman–Crippen MR) is 116 cm³/mol. The Balaban J connectivity index is 1.61. The van der Waals surface area contributed by atoms with Crippen molar-refractivity contribution < 1.29 is 18.4 Å². The van der Waals surface area contributed by atoms with Crippen molar-refractivity contribution >= 4 is 17.6 Å². The van der Waals surface area contributed by atoms with Gasteiger partial charge in [-0.2, -0.15) is 5.10 Å². The number of anilines is 1. The van der Waals surface area contributed by atoms with Gasteiger partial charge in [0.2, 0.25) is 5.91 Å². The van der Waals surface area contributed by atoms with Crippen molar-refractivity contribution in [2.45, 2.75) is 13.5 Å². The van der Waals surface area contributed by atoms with Crippen LogP contribution in [0.25, 0.3) is 22.4 Å². The number of primary amides is 1. The Labute approximate surface area is 186 Å². The number of aromatic nitrogens is 5. The first kappa shape index (κ1) is 21.8. The van der Waals surface area contributed by atoms with Crippen LogP contribution < -0.4 is 11.1 Å². The molecule has 0 saturated carbocycles. The van der Waals surface area contributed by atoms with E-state index in [-0.39, 0.29) is 35.1 Å². The van der Waals surface area contributed by atoms with Crippen molar-refractivity contribution in [2.75, 3.05) is 5.32 Å². The lowest BCUT2D eigenvalue weighted by Crippen LogP contribution is -2.19. The third kappa shape index (κ3) is 4.20. The number of imidazole rings is 1. The molecule has 0 saturated heterocycles. The zero-order chi connectivity index (χ0) is 23.7. The largest absolute Gasteiger partial charge is 0.363 e. The first-order valence-corrected chi connectivity index (χ1v) is 9.81. The van der Waals surface area contributed by atoms with Gasteiger partial charge < -0.3 is 15.6 Å². The number of rotatable bonds is 6. The van der Waals surface area contributed by atoms with Crippen LogP contribution in [0.2, 0.25) is 0 Å². The van der Waals surface area contributed by atoms with E-state index in [1.54, 1.807) is 31.3 Å². The Hall–Kier alpha value is -4.41. The van der Waals surface area contributed by atoms with Gasteiger partial charge >= 0.3 is 0 Å². The number of nitrogens with zero attached hydrogens (tertiary/aromatic N) is 5. The van der Waals surface area contributed by atoms with E-state index >= 15 is 4.39 Å². The summed E-state index contributed by atoms with van der Waals surface area (Å²) in [6, 6.07) is 7.90. The second kappa shape index (κ2) is 8.61. The molecule has 4 aromatic rings. The molecule has 1 aromatic carbocycles. The molecule has 9 nitrogen and oxygen atoms in total. The van der Waals surface area contributed by atoms with E-state index in [9.17, 15) is 14.0 Å². The molecule has 0 spiro atoms. The van der Waals surface area contributed by atoms with E-state index in [0.717, 1.165) is 0 Å². The Kier molecular flexibility index (Phi) is 5.69. The summed E-state index contributed by atoms with van der Waals surface area (Å²) in [6.45, 7) is 1.50. The van der Waals surface area contributed by atoms with Crippen LogP contribution in [0.4, 0.5) is 14.6 Å². The highest BCUT2D eigenvalue weighted by Crippen LogP contribution is 2.32. The van der Waals surface area contributed by atoms with Gasteiger partial charge in [-0.05, 0) is 25.1 Å². The number of nitrogens with one attached hydrogen (secondary N) is 1. The molecule has 0 aliphatic rings. The highest BCUT2D eigenvalue weighted by Gasteiger charge is 2.22. The average molecular weight is 451 g/mol. The fourth-order valence-corrected chi connectivity index (χ4v) is 3.47. The monoisotopic (exact) mass is 451 g/mol. The van der Waals surface area contributed by atoms with Gasteiger partial charge in [0.05, 0.1) is 17.6 Å². The number of pyridine rings is 1. The number of carbonyl (C=O) groups excluding carboxylic acids is 2. The minimum absolute atomic E-state index is 0.0116. The van der Waals surface area contributed by atoms with Gasteiger partial charge in [0.1, 0.15) is 12.4 Å². The highest BCUT2D eigenvalue weighted by atomic mass is 19.2. The third-order valence-electron chi connectivity index (χ3n) is 5.04. The molecular weight excluding hydrogens is 432 g/mol. The zero-order valence-corrected chi connectivity index (χ0v) is 17.7. The molecule has 2 amide bonds. The van der Waals surface area contributed by atoms with Crippen LogP contribution in [-0.4, -0.2) is 36.1 Å². The van der Waals surface area contributed by atoms with E-state index in [1.165, 1.54) is 40.8 Å². The summed E-state index contributed by atoms with van der Waals surface area (Å²) in [5.41, 5.74) is 6.12. The first-order valence-electron chi connectivity index (χ1n) is 9.81. The molecule has 0 aliphatic carbocycles. The standard InChI is InChI=1S/C22H19F2N7O2/c1-12-15(10-31(29-12)11-18(32)28-17-5-3-4-8-26-17)13-6-7-14(20(24)19(13)23)16-9-27-22(21(25)33)30(16)2/h3-10H,11H2,1-2H3,(H2,25,33)(H,26,28,32). The number of benzene rings is 1. The number of amides is 2. The predicted octanol–water partition coefficient (Wildman–Crippen LogP) is 2.67. The first-order chi connectivity index (χ1) is 15.8. The van der Waals surface area contributed by atoms with E-state index in [4.69, 9.17) is 5.73 Å². The lowest BCUT2D eigenvalue weighted by molar-refractivity contribution is -0.116. The third-order valence-corrected chi connectivity index (χ3v) is 5.04. The minimum Gasteiger partial charge on any atom is -0.363 e. The van der Waals surface area contributed by atoms with E-state index in [0.29, 0.717) is 17.1 Å². The van der Waals surface area contributed by atoms with Crippen molar-refractivity contribution in [2.24, 2.45) is 12.8 Å². The average Bonchev–Trinajstić information content (AvgIpc) is 3.33. The molecule has 0 bridgehead atoms. The molecular formula is C22H19F2N7O2. The maximum absolute atomic E-state index is 15.0. The molecule has 0 aliphatic heterocycles. The van der Waals surface area contributed by atoms with Crippen molar-refractivity contribution in [1.29, 1.82) is 0 Å². The molecule has 4 rings (SSSR count). The Morgan fingerprint density at radius 3 is 2.45 bits per heavy atom. The number of hydrogen-bond acceptors (Lipinski definition) is 5. The Bertz CT molecular complexity index is 1360. The normalized spacial score (nSPS) is 10.9. The highest BCUT2D eigenvalue weighted by molar-refractivity contribution is 5.90. The SMILES string of the molecule is Cc1nn(CC(=O)Nc2ccccn2)cc1-c1ccc(-c2cnc(C(N)=O)n2C)c(F)c1F. The van der Waals surface area contributed by atoms with E-state index in [1.807, 2.05) is 0 Å². The van der Waals surface area contributed by atoms with Crippen molar-refractivity contribution in [3.8, 4) is 22.4 Å². The van der Waals surface area contributed by atoms with Gasteiger partial charge in [-0.3, -0.25) is 14.3 Å². The van der Waals surface area contributed by atoms with Gasteiger partial charge in [-0.1, -0.05) is 12.1 Å². The maximum atomic E-state index is 15.0. The molecule has 168 valence electrons. The van der Waals surface area contributed by atoms with E-state index in [2.05, 4.69) is 20.4 Å². The molecule has 0 fully saturated rings. The summed E-state index contributed by atoms with van der Waals surface area (Å²) in [5.74, 6) is -3.02. The van der Waals surface area contributed by atoms with Crippen LogP contribution in [-0.2, 0) is 18.4 Å². The fourth-order valence-electron chi connectivity index (χ4n) is 3.47. The number of halogens is 2. The Morgan fingerprint density at radius 1 is 1.06 bits per heavy atom. The molecule has 33 heavy (non-hydrogen) atoms.